The fourth-order valence-corrected chi connectivity index (χ4v) is 2.82. The van der Waals surface area contributed by atoms with Crippen molar-refractivity contribution in [3.8, 4) is 0 Å². The maximum absolute atomic E-state index is 12.3. The number of hydrogen-bond donors (Lipinski definition) is 1. The van der Waals surface area contributed by atoms with E-state index in [0.717, 1.165) is 31.7 Å². The van der Waals surface area contributed by atoms with Gasteiger partial charge in [-0.1, -0.05) is 23.7 Å². The third-order valence-electron chi connectivity index (χ3n) is 3.90. The minimum Gasteiger partial charge on any atom is -0.468 e. The summed E-state index contributed by atoms with van der Waals surface area (Å²) >= 11 is 5.91. The Kier molecular flexibility index (Phi) is 5.02. The highest BCUT2D eigenvalue weighted by atomic mass is 35.5. The number of hydrogen-bond acceptors (Lipinski definition) is 4. The predicted molar refractivity (Wildman–Crippen MR) is 80.0 cm³/mol. The summed E-state index contributed by atoms with van der Waals surface area (Å²) in [5, 5.41) is 4.01. The van der Waals surface area contributed by atoms with Crippen LogP contribution in [0.5, 0.6) is 0 Å². The lowest BCUT2D eigenvalue weighted by molar-refractivity contribution is -0.154. The van der Waals surface area contributed by atoms with E-state index < -0.39 is 5.54 Å². The molecule has 1 fully saturated rings. The summed E-state index contributed by atoms with van der Waals surface area (Å²) in [6.07, 6.45) is 0.622. The van der Waals surface area contributed by atoms with Crippen molar-refractivity contribution >= 4 is 17.6 Å². The van der Waals surface area contributed by atoms with Crippen LogP contribution in [0, 0.1) is 0 Å². The predicted octanol–water partition coefficient (Wildman–Crippen LogP) is 1.72. The summed E-state index contributed by atoms with van der Waals surface area (Å²) in [6.45, 7) is 5.44. The molecule has 1 unspecified atom stereocenters. The molecule has 1 heterocycles. The molecule has 5 heteroatoms. The molecule has 0 aliphatic carbocycles. The smallest absolute Gasteiger partial charge is 0.326 e. The van der Waals surface area contributed by atoms with Crippen LogP contribution in [0.4, 0.5) is 0 Å². The first kappa shape index (κ1) is 15.3. The highest BCUT2D eigenvalue weighted by Crippen LogP contribution is 2.24. The number of carbonyl (C=O) groups excluding carboxylic acids is 1. The average Bonchev–Trinajstić information content (AvgIpc) is 2.49. The molecular weight excluding hydrogens is 276 g/mol. The van der Waals surface area contributed by atoms with Crippen LogP contribution >= 0.6 is 11.6 Å². The van der Waals surface area contributed by atoms with Crippen LogP contribution in [0.1, 0.15) is 12.5 Å². The van der Waals surface area contributed by atoms with E-state index in [9.17, 15) is 4.79 Å². The summed E-state index contributed by atoms with van der Waals surface area (Å²) < 4.78 is 5.04. The van der Waals surface area contributed by atoms with Gasteiger partial charge in [0, 0.05) is 37.6 Å². The van der Waals surface area contributed by atoms with E-state index in [0.29, 0.717) is 11.4 Å². The van der Waals surface area contributed by atoms with Gasteiger partial charge in [0.05, 0.1) is 7.11 Å². The monoisotopic (exact) mass is 296 g/mol. The normalized spacial score (nSPS) is 19.4. The number of rotatable bonds is 4. The molecule has 1 aromatic carbocycles. The van der Waals surface area contributed by atoms with E-state index in [4.69, 9.17) is 16.3 Å². The molecule has 1 saturated heterocycles. The molecule has 1 aromatic rings. The summed E-state index contributed by atoms with van der Waals surface area (Å²) in [4.78, 5) is 14.5. The zero-order valence-electron chi connectivity index (χ0n) is 12.0. The van der Waals surface area contributed by atoms with Gasteiger partial charge >= 0.3 is 5.97 Å². The van der Waals surface area contributed by atoms with Gasteiger partial charge in [0.25, 0.3) is 0 Å². The molecular formula is C15H21ClN2O2. The molecule has 0 amide bonds. The number of benzene rings is 1. The number of piperazine rings is 1. The molecule has 1 aliphatic rings. The number of carbonyl (C=O) groups is 1. The first-order valence-corrected chi connectivity index (χ1v) is 7.23. The second kappa shape index (κ2) is 6.57. The standard InChI is InChI=1S/C15H21ClN2O2/c1-15(14(19)20-2,18-9-7-17-8-10-18)11-12-3-5-13(16)6-4-12/h3-6,17H,7-11H2,1-2H3. The first-order valence-electron chi connectivity index (χ1n) is 6.85. The minimum atomic E-state index is -0.634. The van der Waals surface area contributed by atoms with Gasteiger partial charge in [-0.25, -0.2) is 0 Å². The van der Waals surface area contributed by atoms with Crippen molar-refractivity contribution in [2.45, 2.75) is 18.9 Å². The summed E-state index contributed by atoms with van der Waals surface area (Å²) in [5.74, 6) is -0.186. The van der Waals surface area contributed by atoms with Crippen molar-refractivity contribution in [1.29, 1.82) is 0 Å². The summed E-state index contributed by atoms with van der Waals surface area (Å²) in [7, 11) is 1.45. The van der Waals surface area contributed by atoms with Crippen LogP contribution in [0.15, 0.2) is 24.3 Å². The van der Waals surface area contributed by atoms with Crippen LogP contribution < -0.4 is 5.32 Å². The van der Waals surface area contributed by atoms with Gasteiger partial charge in [-0.15, -0.1) is 0 Å². The molecule has 110 valence electrons. The first-order chi connectivity index (χ1) is 9.56. The largest absolute Gasteiger partial charge is 0.468 e. The summed E-state index contributed by atoms with van der Waals surface area (Å²) in [6, 6.07) is 7.64. The van der Waals surface area contributed by atoms with E-state index >= 15 is 0 Å². The van der Waals surface area contributed by atoms with Crippen molar-refractivity contribution in [1.82, 2.24) is 10.2 Å². The fourth-order valence-electron chi connectivity index (χ4n) is 2.69. The molecule has 0 radical (unpaired) electrons. The van der Waals surface area contributed by atoms with Crippen molar-refractivity contribution in [3.63, 3.8) is 0 Å². The number of nitrogens with zero attached hydrogens (tertiary/aromatic N) is 1. The third kappa shape index (κ3) is 3.32. The van der Waals surface area contributed by atoms with Crippen molar-refractivity contribution < 1.29 is 9.53 Å². The molecule has 0 aromatic heterocycles. The Balaban J connectivity index is 2.21. The second-order valence-corrected chi connectivity index (χ2v) is 5.74. The molecule has 20 heavy (non-hydrogen) atoms. The van der Waals surface area contributed by atoms with E-state index in [1.165, 1.54) is 7.11 Å². The average molecular weight is 297 g/mol. The lowest BCUT2D eigenvalue weighted by Gasteiger charge is -2.41. The fraction of sp³-hybridized carbons (Fsp3) is 0.533. The highest BCUT2D eigenvalue weighted by molar-refractivity contribution is 6.30. The van der Waals surface area contributed by atoms with Gasteiger partial charge in [-0.2, -0.15) is 0 Å². The Hall–Kier alpha value is -1.10. The molecule has 0 bridgehead atoms. The van der Waals surface area contributed by atoms with Crippen LogP contribution in [-0.4, -0.2) is 49.7 Å². The van der Waals surface area contributed by atoms with Crippen molar-refractivity contribution in [2.75, 3.05) is 33.3 Å². The van der Waals surface area contributed by atoms with Gasteiger partial charge in [-0.05, 0) is 24.6 Å². The lowest BCUT2D eigenvalue weighted by Crippen LogP contribution is -2.60. The zero-order valence-corrected chi connectivity index (χ0v) is 12.7. The van der Waals surface area contributed by atoms with Gasteiger partial charge in [0.2, 0.25) is 0 Å². The van der Waals surface area contributed by atoms with E-state index in [1.54, 1.807) is 0 Å². The van der Waals surface area contributed by atoms with Crippen LogP contribution in [-0.2, 0) is 16.0 Å². The minimum absolute atomic E-state index is 0.186. The van der Waals surface area contributed by atoms with E-state index in [1.807, 2.05) is 31.2 Å². The Morgan fingerprint density at radius 3 is 2.50 bits per heavy atom. The van der Waals surface area contributed by atoms with Crippen molar-refractivity contribution in [2.24, 2.45) is 0 Å². The molecule has 1 atom stereocenters. The van der Waals surface area contributed by atoms with Gasteiger partial charge < -0.3 is 10.1 Å². The van der Waals surface area contributed by atoms with Crippen LogP contribution in [0.3, 0.4) is 0 Å². The Morgan fingerprint density at radius 2 is 1.95 bits per heavy atom. The number of methoxy groups -OCH3 is 1. The number of esters is 1. The maximum Gasteiger partial charge on any atom is 0.326 e. The number of nitrogens with one attached hydrogen (secondary N) is 1. The molecule has 0 saturated carbocycles. The van der Waals surface area contributed by atoms with Crippen LogP contribution in [0.2, 0.25) is 5.02 Å². The topological polar surface area (TPSA) is 41.6 Å². The zero-order chi connectivity index (χ0) is 14.6. The maximum atomic E-state index is 12.3. The SMILES string of the molecule is COC(=O)C(C)(Cc1ccc(Cl)cc1)N1CCNCC1. The Morgan fingerprint density at radius 1 is 1.35 bits per heavy atom. The Bertz CT molecular complexity index is 457. The van der Waals surface area contributed by atoms with Gasteiger partial charge in [0.15, 0.2) is 0 Å². The molecule has 1 aliphatic heterocycles. The number of halogens is 1. The second-order valence-electron chi connectivity index (χ2n) is 5.31. The van der Waals surface area contributed by atoms with Crippen LogP contribution in [0.25, 0.3) is 0 Å². The third-order valence-corrected chi connectivity index (χ3v) is 4.15. The highest BCUT2D eigenvalue weighted by Gasteiger charge is 2.41. The van der Waals surface area contributed by atoms with Gasteiger partial charge in [-0.3, -0.25) is 9.69 Å². The Labute approximate surface area is 125 Å². The van der Waals surface area contributed by atoms with Gasteiger partial charge in [0.1, 0.15) is 5.54 Å². The number of ether oxygens (including phenoxy) is 1. The quantitative estimate of drug-likeness (QED) is 0.859. The van der Waals surface area contributed by atoms with Crippen molar-refractivity contribution in [3.05, 3.63) is 34.9 Å². The lowest BCUT2D eigenvalue weighted by atomic mass is 9.90. The van der Waals surface area contributed by atoms with E-state index in [2.05, 4.69) is 10.2 Å². The molecule has 4 nitrogen and oxygen atoms in total. The molecule has 0 spiro atoms. The molecule has 1 N–H and O–H groups in total. The summed E-state index contributed by atoms with van der Waals surface area (Å²) in [5.41, 5.74) is 0.450. The molecule has 2 rings (SSSR count). The van der Waals surface area contributed by atoms with E-state index in [-0.39, 0.29) is 5.97 Å².